The molecule has 0 saturated carbocycles. The molecule has 6 heteroatoms. The van der Waals surface area contributed by atoms with E-state index in [1.165, 1.54) is 0 Å². The van der Waals surface area contributed by atoms with E-state index in [1.807, 2.05) is 54.6 Å². The van der Waals surface area contributed by atoms with E-state index < -0.39 is 0 Å². The normalized spacial score (nSPS) is 12.5. The average molecular weight is 472 g/mol. The number of hydrogen-bond acceptors (Lipinski definition) is 3. The maximum atomic E-state index is 5.86. The molecular weight excluding hydrogens is 452 g/mol. The standard InChI is InChI=1S/C27H20N4O.Fe/c1-32-27-25-16-23-12-10-21(30-23)14-19-8-7-18(28-19)13-20-9-11-22(29-20)15-24(31-25)26(27)17-5-3-2-4-6-17;/h2-16,28,30H,1H3;. The second kappa shape index (κ2) is 8.58. The fraction of sp³-hybridized carbons (Fsp3) is 0.0370. The molecule has 0 spiro atoms. The summed E-state index contributed by atoms with van der Waals surface area (Å²) in [5.41, 5.74) is 9.36. The fourth-order valence-electron chi connectivity index (χ4n) is 4.14. The zero-order chi connectivity index (χ0) is 21.5. The molecule has 2 N–H and O–H groups in total. The third kappa shape index (κ3) is 4.02. The van der Waals surface area contributed by atoms with E-state index in [0.29, 0.717) is 0 Å². The van der Waals surface area contributed by atoms with Crippen molar-refractivity contribution in [2.75, 3.05) is 7.11 Å². The van der Waals surface area contributed by atoms with Crippen molar-refractivity contribution in [1.82, 2.24) is 19.9 Å². The molecule has 0 unspecified atom stereocenters. The van der Waals surface area contributed by atoms with Gasteiger partial charge in [0.15, 0.2) is 5.76 Å². The molecule has 5 heterocycles. The van der Waals surface area contributed by atoms with Crippen LogP contribution in [0.4, 0.5) is 0 Å². The first-order valence-electron chi connectivity index (χ1n) is 10.5. The van der Waals surface area contributed by atoms with E-state index in [1.54, 1.807) is 7.11 Å². The molecule has 0 saturated heterocycles. The molecule has 0 radical (unpaired) electrons. The Kier molecular flexibility index (Phi) is 5.46. The summed E-state index contributed by atoms with van der Waals surface area (Å²) in [6.07, 6.45) is 4.02. The van der Waals surface area contributed by atoms with Crippen LogP contribution in [0.25, 0.3) is 45.6 Å². The predicted octanol–water partition coefficient (Wildman–Crippen LogP) is 6.05. The first-order valence-corrected chi connectivity index (χ1v) is 10.5. The molecule has 0 fully saturated rings. The molecule has 2 aliphatic rings. The number of fused-ring (bicyclic) bond motifs is 8. The summed E-state index contributed by atoms with van der Waals surface area (Å²) < 4.78 is 5.86. The van der Waals surface area contributed by atoms with Gasteiger partial charge in [0.05, 0.1) is 29.8 Å². The predicted molar refractivity (Wildman–Crippen MR) is 129 cm³/mol. The minimum absolute atomic E-state index is 0. The zero-order valence-corrected chi connectivity index (χ0v) is 18.9. The van der Waals surface area contributed by atoms with E-state index in [2.05, 4.69) is 46.4 Å². The molecule has 162 valence electrons. The van der Waals surface area contributed by atoms with Gasteiger partial charge in [-0.15, -0.1) is 0 Å². The summed E-state index contributed by atoms with van der Waals surface area (Å²) in [4.78, 5) is 16.6. The summed E-state index contributed by atoms with van der Waals surface area (Å²) in [5, 5.41) is 0. The molecule has 1 aromatic carbocycles. The van der Waals surface area contributed by atoms with Crippen LogP contribution in [-0.2, 0) is 21.8 Å². The molecule has 8 bridgehead atoms. The van der Waals surface area contributed by atoms with Gasteiger partial charge in [0, 0.05) is 39.1 Å². The van der Waals surface area contributed by atoms with E-state index in [4.69, 9.17) is 14.7 Å². The summed E-state index contributed by atoms with van der Waals surface area (Å²) in [6.45, 7) is 0. The third-order valence-electron chi connectivity index (χ3n) is 5.56. The summed E-state index contributed by atoms with van der Waals surface area (Å²) in [5.74, 6) is 0.749. The van der Waals surface area contributed by atoms with Gasteiger partial charge in [0.1, 0.15) is 5.69 Å². The Balaban J connectivity index is 0.00000228. The van der Waals surface area contributed by atoms with Crippen LogP contribution in [0.2, 0.25) is 0 Å². The van der Waals surface area contributed by atoms with Gasteiger partial charge in [0.25, 0.3) is 0 Å². The van der Waals surface area contributed by atoms with Crippen LogP contribution in [0.1, 0.15) is 28.3 Å². The number of nitrogens with one attached hydrogen (secondary N) is 2. The number of aromatic amines is 2. The summed E-state index contributed by atoms with van der Waals surface area (Å²) in [7, 11) is 1.69. The van der Waals surface area contributed by atoms with Crippen LogP contribution in [0.5, 0.6) is 0 Å². The van der Waals surface area contributed by atoms with Crippen molar-refractivity contribution in [3.8, 4) is 0 Å². The van der Waals surface area contributed by atoms with Gasteiger partial charge in [0.2, 0.25) is 0 Å². The zero-order valence-electron chi connectivity index (χ0n) is 17.8. The van der Waals surface area contributed by atoms with Crippen molar-refractivity contribution in [2.24, 2.45) is 0 Å². The number of methoxy groups -OCH3 is 1. The molecule has 2 aliphatic heterocycles. The van der Waals surface area contributed by atoms with Crippen LogP contribution in [-0.4, -0.2) is 27.0 Å². The Bertz CT molecular complexity index is 1560. The van der Waals surface area contributed by atoms with Crippen LogP contribution in [0, 0.1) is 0 Å². The Morgan fingerprint density at radius 1 is 0.636 bits per heavy atom. The molecule has 0 atom stereocenters. The first kappa shape index (κ1) is 21.0. The van der Waals surface area contributed by atoms with Crippen molar-refractivity contribution in [3.05, 3.63) is 107 Å². The van der Waals surface area contributed by atoms with Crippen LogP contribution < -0.4 is 0 Å². The van der Waals surface area contributed by atoms with Gasteiger partial charge in [-0.3, -0.25) is 0 Å². The van der Waals surface area contributed by atoms with Gasteiger partial charge in [-0.2, -0.15) is 0 Å². The van der Waals surface area contributed by atoms with E-state index in [0.717, 1.165) is 61.7 Å². The van der Waals surface area contributed by atoms with Gasteiger partial charge in [-0.25, -0.2) is 9.97 Å². The Morgan fingerprint density at radius 3 is 1.91 bits per heavy atom. The Morgan fingerprint density at radius 2 is 1.24 bits per heavy atom. The van der Waals surface area contributed by atoms with Gasteiger partial charge in [-0.1, -0.05) is 30.3 Å². The number of hydrogen-bond donors (Lipinski definition) is 2. The smallest absolute Gasteiger partial charge is 0.154 e. The molecule has 5 nitrogen and oxygen atoms in total. The monoisotopic (exact) mass is 472 g/mol. The second-order valence-corrected chi connectivity index (χ2v) is 7.77. The van der Waals surface area contributed by atoms with Crippen LogP contribution >= 0.6 is 0 Å². The number of aromatic nitrogens is 4. The van der Waals surface area contributed by atoms with Crippen molar-refractivity contribution < 1.29 is 21.8 Å². The van der Waals surface area contributed by atoms with Crippen molar-refractivity contribution in [2.45, 2.75) is 0 Å². The van der Waals surface area contributed by atoms with Crippen molar-refractivity contribution >= 4 is 45.6 Å². The number of rotatable bonds is 2. The van der Waals surface area contributed by atoms with Crippen LogP contribution in [0.3, 0.4) is 0 Å². The SMILES string of the molecule is COC1=C(c2ccccc2)c2cc3nc(cc4ccc(cc5ccc(cc1n2)[nH]5)[nH]4)C=C3.[Fe]. The van der Waals surface area contributed by atoms with Crippen molar-refractivity contribution in [1.29, 1.82) is 0 Å². The molecule has 0 aliphatic carbocycles. The van der Waals surface area contributed by atoms with Gasteiger partial charge >= 0.3 is 0 Å². The summed E-state index contributed by atoms with van der Waals surface area (Å²) >= 11 is 0. The third-order valence-corrected chi connectivity index (χ3v) is 5.56. The molecule has 3 aromatic heterocycles. The Labute approximate surface area is 201 Å². The molecule has 4 aromatic rings. The van der Waals surface area contributed by atoms with Crippen molar-refractivity contribution in [3.63, 3.8) is 0 Å². The molecule has 6 rings (SSSR count). The fourth-order valence-corrected chi connectivity index (χ4v) is 4.14. The largest absolute Gasteiger partial charge is 0.494 e. The van der Waals surface area contributed by atoms with E-state index >= 15 is 0 Å². The van der Waals surface area contributed by atoms with Gasteiger partial charge in [-0.05, 0) is 66.2 Å². The maximum Gasteiger partial charge on any atom is 0.154 e. The first-order chi connectivity index (χ1) is 15.7. The number of ether oxygens (including phenoxy) is 1. The minimum atomic E-state index is 0. The Hall–Kier alpha value is -3.86. The van der Waals surface area contributed by atoms with Gasteiger partial charge < -0.3 is 14.7 Å². The summed E-state index contributed by atoms with van der Waals surface area (Å²) in [6, 6.07) is 26.6. The molecule has 33 heavy (non-hydrogen) atoms. The average Bonchev–Trinajstić information content (AvgIpc) is 3.58. The topological polar surface area (TPSA) is 66.6 Å². The number of H-pyrrole nitrogens is 2. The van der Waals surface area contributed by atoms with Crippen LogP contribution in [0.15, 0.2) is 78.9 Å². The quantitative estimate of drug-likeness (QED) is 0.308. The molecular formula is C27H20FeN4O. The maximum absolute atomic E-state index is 5.86. The minimum Gasteiger partial charge on any atom is -0.494 e. The van der Waals surface area contributed by atoms with E-state index in [-0.39, 0.29) is 17.1 Å². The number of nitrogens with zero attached hydrogens (tertiary/aromatic N) is 2. The van der Waals surface area contributed by atoms with E-state index in [9.17, 15) is 0 Å². The number of benzene rings is 1. The second-order valence-electron chi connectivity index (χ2n) is 7.77. The molecule has 0 amide bonds.